The van der Waals surface area contributed by atoms with Crippen molar-refractivity contribution < 1.29 is 17.6 Å². The van der Waals surface area contributed by atoms with Gasteiger partial charge in [-0.3, -0.25) is 4.79 Å². The van der Waals surface area contributed by atoms with E-state index in [1.165, 1.54) is 28.6 Å². The van der Waals surface area contributed by atoms with E-state index < -0.39 is 15.8 Å². The van der Waals surface area contributed by atoms with Gasteiger partial charge in [0.15, 0.2) is 0 Å². The maximum absolute atomic E-state index is 13.3. The zero-order chi connectivity index (χ0) is 20.3. The molecule has 0 atom stereocenters. The molecule has 28 heavy (non-hydrogen) atoms. The van der Waals surface area contributed by atoms with Crippen molar-refractivity contribution in [2.24, 2.45) is 0 Å². The molecule has 1 heterocycles. The van der Waals surface area contributed by atoms with Gasteiger partial charge in [0.05, 0.1) is 14.9 Å². The van der Waals surface area contributed by atoms with Crippen LogP contribution in [0, 0.1) is 5.82 Å². The van der Waals surface area contributed by atoms with Crippen LogP contribution in [0.2, 0.25) is 10.0 Å². The first-order valence-electron chi connectivity index (χ1n) is 8.46. The lowest BCUT2D eigenvalue weighted by Crippen LogP contribution is -2.50. The summed E-state index contributed by atoms with van der Waals surface area (Å²) < 4.78 is 39.8. The molecule has 0 aliphatic carbocycles. The van der Waals surface area contributed by atoms with E-state index in [0.29, 0.717) is 15.6 Å². The summed E-state index contributed by atoms with van der Waals surface area (Å²) in [4.78, 5) is 13.8. The molecule has 0 bridgehead atoms. The second-order valence-corrected chi connectivity index (χ2v) is 8.89. The summed E-state index contributed by atoms with van der Waals surface area (Å²) in [6.07, 6.45) is 2.96. The number of hydrogen-bond acceptors (Lipinski definition) is 3. The molecule has 1 aliphatic heterocycles. The van der Waals surface area contributed by atoms with Gasteiger partial charge in [0.1, 0.15) is 5.82 Å². The number of hydrogen-bond donors (Lipinski definition) is 0. The quantitative estimate of drug-likeness (QED) is 0.678. The minimum absolute atomic E-state index is 0.0947. The SMILES string of the molecule is O=C(C=Cc1cccc(Cl)c1Cl)N1CCN(S(=O)(=O)c2cccc(F)c2)CC1. The molecule has 1 aliphatic rings. The average molecular weight is 443 g/mol. The number of rotatable bonds is 4. The van der Waals surface area contributed by atoms with Crippen LogP contribution in [-0.4, -0.2) is 49.7 Å². The fraction of sp³-hybridized carbons (Fsp3) is 0.211. The number of piperazine rings is 1. The summed E-state index contributed by atoms with van der Waals surface area (Å²) >= 11 is 12.0. The van der Waals surface area contributed by atoms with Crippen LogP contribution in [0.1, 0.15) is 5.56 Å². The Morgan fingerprint density at radius 2 is 1.71 bits per heavy atom. The summed E-state index contributed by atoms with van der Waals surface area (Å²) in [7, 11) is -3.79. The minimum atomic E-state index is -3.79. The highest BCUT2D eigenvalue weighted by Gasteiger charge is 2.29. The molecule has 1 saturated heterocycles. The number of nitrogens with zero attached hydrogens (tertiary/aromatic N) is 2. The molecule has 148 valence electrons. The van der Waals surface area contributed by atoms with Gasteiger partial charge in [0.2, 0.25) is 15.9 Å². The molecular formula is C19H17Cl2FN2O3S. The van der Waals surface area contributed by atoms with Crippen LogP contribution in [-0.2, 0) is 14.8 Å². The largest absolute Gasteiger partial charge is 0.337 e. The molecule has 1 amide bonds. The third-order valence-electron chi connectivity index (χ3n) is 4.37. The van der Waals surface area contributed by atoms with Crippen LogP contribution in [0.15, 0.2) is 53.4 Å². The Bertz CT molecular complexity index is 1020. The van der Waals surface area contributed by atoms with Gasteiger partial charge >= 0.3 is 0 Å². The summed E-state index contributed by atoms with van der Waals surface area (Å²) in [5.74, 6) is -0.862. The van der Waals surface area contributed by atoms with Crippen LogP contribution in [0.4, 0.5) is 4.39 Å². The number of carbonyl (C=O) groups excluding carboxylic acids is 1. The van der Waals surface area contributed by atoms with E-state index >= 15 is 0 Å². The monoisotopic (exact) mass is 442 g/mol. The third-order valence-corrected chi connectivity index (χ3v) is 7.10. The van der Waals surface area contributed by atoms with E-state index in [1.807, 2.05) is 0 Å². The summed E-state index contributed by atoms with van der Waals surface area (Å²) in [5.41, 5.74) is 0.620. The molecule has 0 radical (unpaired) electrons. The molecule has 0 saturated carbocycles. The van der Waals surface area contributed by atoms with Gasteiger partial charge in [-0.1, -0.05) is 41.4 Å². The smallest absolute Gasteiger partial charge is 0.246 e. The van der Waals surface area contributed by atoms with E-state index in [9.17, 15) is 17.6 Å². The molecule has 0 aromatic heterocycles. The molecule has 1 fully saturated rings. The van der Waals surface area contributed by atoms with Crippen LogP contribution in [0.5, 0.6) is 0 Å². The first-order valence-corrected chi connectivity index (χ1v) is 10.7. The number of amides is 1. The van der Waals surface area contributed by atoms with E-state index in [-0.39, 0.29) is 37.0 Å². The molecular weight excluding hydrogens is 426 g/mol. The predicted octanol–water partition coefficient (Wildman–Crippen LogP) is 3.68. The zero-order valence-electron chi connectivity index (χ0n) is 14.7. The average Bonchev–Trinajstić information content (AvgIpc) is 2.69. The second kappa shape index (κ2) is 8.61. The molecule has 0 unspecified atom stereocenters. The van der Waals surface area contributed by atoms with Crippen LogP contribution < -0.4 is 0 Å². The minimum Gasteiger partial charge on any atom is -0.337 e. The third kappa shape index (κ3) is 4.55. The van der Waals surface area contributed by atoms with Gasteiger partial charge in [0, 0.05) is 32.3 Å². The summed E-state index contributed by atoms with van der Waals surface area (Å²) in [6, 6.07) is 10.0. The highest BCUT2D eigenvalue weighted by molar-refractivity contribution is 7.89. The molecule has 9 heteroatoms. The predicted molar refractivity (Wildman–Crippen MR) is 107 cm³/mol. The molecule has 2 aromatic rings. The Labute approximate surface area is 173 Å². The highest BCUT2D eigenvalue weighted by Crippen LogP contribution is 2.26. The topological polar surface area (TPSA) is 57.7 Å². The lowest BCUT2D eigenvalue weighted by Gasteiger charge is -2.33. The summed E-state index contributed by atoms with van der Waals surface area (Å²) in [6.45, 7) is 0.745. The van der Waals surface area contributed by atoms with Gasteiger partial charge in [-0.2, -0.15) is 4.31 Å². The van der Waals surface area contributed by atoms with Crippen molar-refractivity contribution in [3.05, 3.63) is 70.0 Å². The number of carbonyl (C=O) groups is 1. The normalized spacial score (nSPS) is 15.9. The number of benzene rings is 2. The van der Waals surface area contributed by atoms with Crippen LogP contribution in [0.25, 0.3) is 6.08 Å². The Morgan fingerprint density at radius 1 is 1.04 bits per heavy atom. The lowest BCUT2D eigenvalue weighted by atomic mass is 10.2. The standard InChI is InChI=1S/C19H17Cl2FN2O3S/c20-17-6-1-3-14(19(17)21)7-8-18(25)23-9-11-24(12-10-23)28(26,27)16-5-2-4-15(22)13-16/h1-8,13H,9-12H2. The fourth-order valence-corrected chi connectivity index (χ4v) is 4.67. The number of sulfonamides is 1. The zero-order valence-corrected chi connectivity index (χ0v) is 17.0. The first kappa shape index (κ1) is 20.8. The maximum Gasteiger partial charge on any atom is 0.246 e. The van der Waals surface area contributed by atoms with Gasteiger partial charge in [-0.15, -0.1) is 0 Å². The molecule has 3 rings (SSSR count). The summed E-state index contributed by atoms with van der Waals surface area (Å²) in [5, 5.41) is 0.756. The van der Waals surface area contributed by atoms with Crippen LogP contribution in [0.3, 0.4) is 0 Å². The Kier molecular flexibility index (Phi) is 6.40. The fourth-order valence-electron chi connectivity index (χ4n) is 2.84. The van der Waals surface area contributed by atoms with Crippen LogP contribution >= 0.6 is 23.2 Å². The Balaban J connectivity index is 1.64. The van der Waals surface area contributed by atoms with E-state index in [4.69, 9.17) is 23.2 Å². The Morgan fingerprint density at radius 3 is 2.39 bits per heavy atom. The number of halogens is 3. The van der Waals surface area contributed by atoms with E-state index in [2.05, 4.69) is 0 Å². The maximum atomic E-state index is 13.3. The van der Waals surface area contributed by atoms with Crippen molar-refractivity contribution in [2.45, 2.75) is 4.90 Å². The van der Waals surface area contributed by atoms with Gasteiger partial charge < -0.3 is 4.90 Å². The Hall–Kier alpha value is -1.93. The molecule has 0 spiro atoms. The van der Waals surface area contributed by atoms with Gasteiger partial charge in [0.25, 0.3) is 0 Å². The lowest BCUT2D eigenvalue weighted by molar-refractivity contribution is -0.127. The van der Waals surface area contributed by atoms with Crippen molar-refractivity contribution in [2.75, 3.05) is 26.2 Å². The molecule has 2 aromatic carbocycles. The molecule has 0 N–H and O–H groups in total. The van der Waals surface area contributed by atoms with Crippen molar-refractivity contribution in [1.82, 2.24) is 9.21 Å². The van der Waals surface area contributed by atoms with E-state index in [0.717, 1.165) is 6.07 Å². The molecule has 5 nitrogen and oxygen atoms in total. The van der Waals surface area contributed by atoms with Gasteiger partial charge in [-0.25, -0.2) is 12.8 Å². The van der Waals surface area contributed by atoms with Crippen molar-refractivity contribution >= 4 is 45.2 Å². The van der Waals surface area contributed by atoms with Crippen molar-refractivity contribution in [3.8, 4) is 0 Å². The van der Waals surface area contributed by atoms with Crippen molar-refractivity contribution in [3.63, 3.8) is 0 Å². The van der Waals surface area contributed by atoms with Crippen molar-refractivity contribution in [1.29, 1.82) is 0 Å². The van der Waals surface area contributed by atoms with Gasteiger partial charge in [-0.05, 0) is 35.9 Å². The first-order chi connectivity index (χ1) is 13.3. The van der Waals surface area contributed by atoms with E-state index in [1.54, 1.807) is 29.2 Å². The highest BCUT2D eigenvalue weighted by atomic mass is 35.5. The second-order valence-electron chi connectivity index (χ2n) is 6.16.